The van der Waals surface area contributed by atoms with E-state index in [2.05, 4.69) is 10.0 Å². The Labute approximate surface area is 127 Å². The average Bonchev–Trinajstić information content (AvgIpc) is 2.37. The minimum Gasteiger partial charge on any atom is -0.325 e. The number of hydrogen-bond acceptors (Lipinski definition) is 3. The fourth-order valence-corrected chi connectivity index (χ4v) is 3.58. The molecule has 2 N–H and O–H groups in total. The molecule has 9 heteroatoms. The molecule has 0 aliphatic carbocycles. The number of amides is 1. The van der Waals surface area contributed by atoms with Crippen molar-refractivity contribution in [2.75, 3.05) is 12.4 Å². The molecule has 0 bridgehead atoms. The van der Waals surface area contributed by atoms with Gasteiger partial charge in [0.1, 0.15) is 11.9 Å². The number of nitrogens with zero attached hydrogens (tertiary/aromatic N) is 1. The van der Waals surface area contributed by atoms with Crippen LogP contribution in [0.2, 0.25) is 5.02 Å². The summed E-state index contributed by atoms with van der Waals surface area (Å²) in [6.07, 6.45) is 0.330. The molecule has 1 fully saturated rings. The molecule has 0 saturated carbocycles. The number of rotatable bonds is 2. The van der Waals surface area contributed by atoms with Crippen LogP contribution in [-0.2, 0) is 15.0 Å². The Balaban J connectivity index is 2.17. The van der Waals surface area contributed by atoms with Gasteiger partial charge in [0.05, 0.1) is 5.02 Å². The third kappa shape index (κ3) is 3.52. The number of halogens is 2. The van der Waals surface area contributed by atoms with Gasteiger partial charge in [-0.1, -0.05) is 11.6 Å². The molecule has 1 unspecified atom stereocenters. The molecule has 6 nitrogen and oxygen atoms in total. The summed E-state index contributed by atoms with van der Waals surface area (Å²) in [6.45, 7) is 1.68. The Morgan fingerprint density at radius 1 is 1.52 bits per heavy atom. The molecule has 21 heavy (non-hydrogen) atoms. The molecule has 1 aromatic carbocycles. The zero-order chi connectivity index (χ0) is 15.8. The predicted molar refractivity (Wildman–Crippen MR) is 77.7 cm³/mol. The maximum absolute atomic E-state index is 13.1. The standard InChI is InChI=1S/C12H15ClFN3O3S/c1-7-5-11(17(2)21(19,20)16-7)12(18)15-8-3-4-10(14)9(13)6-8/h3-4,6-7,11,16H,5H2,1-2H3,(H,15,18)/t7?,11-/m0/s1. The Kier molecular flexibility index (Phi) is 4.52. The quantitative estimate of drug-likeness (QED) is 0.856. The van der Waals surface area contributed by atoms with Gasteiger partial charge in [-0.2, -0.15) is 17.4 Å². The predicted octanol–water partition coefficient (Wildman–Crippen LogP) is 1.34. The van der Waals surface area contributed by atoms with Crippen molar-refractivity contribution >= 4 is 33.4 Å². The molecule has 0 aromatic heterocycles. The SMILES string of the molecule is CC1C[C@@H](C(=O)Nc2ccc(F)c(Cl)c2)N(C)S(=O)(=O)N1. The van der Waals surface area contributed by atoms with Crippen LogP contribution in [0.1, 0.15) is 13.3 Å². The minimum absolute atomic E-state index is 0.118. The highest BCUT2D eigenvalue weighted by atomic mass is 35.5. The average molecular weight is 336 g/mol. The van der Waals surface area contributed by atoms with Crippen LogP contribution in [0.4, 0.5) is 10.1 Å². The lowest BCUT2D eigenvalue weighted by molar-refractivity contribution is -0.120. The number of nitrogens with one attached hydrogen (secondary N) is 2. The topological polar surface area (TPSA) is 78.5 Å². The first-order chi connectivity index (χ1) is 9.70. The minimum atomic E-state index is -3.68. The molecule has 2 atom stereocenters. The van der Waals surface area contributed by atoms with E-state index in [1.54, 1.807) is 6.92 Å². The van der Waals surface area contributed by atoms with Gasteiger partial charge < -0.3 is 5.32 Å². The number of benzene rings is 1. The second-order valence-corrected chi connectivity index (χ2v) is 7.08. The zero-order valence-corrected chi connectivity index (χ0v) is 13.0. The Bertz CT molecular complexity index is 668. The second kappa shape index (κ2) is 5.88. The molecule has 1 heterocycles. The normalized spacial score (nSPS) is 25.5. The number of anilines is 1. The van der Waals surface area contributed by atoms with Gasteiger partial charge in [0.25, 0.3) is 10.2 Å². The summed E-state index contributed by atoms with van der Waals surface area (Å²) in [4.78, 5) is 12.2. The largest absolute Gasteiger partial charge is 0.325 e. The van der Waals surface area contributed by atoms with Gasteiger partial charge in [0, 0.05) is 18.8 Å². The van der Waals surface area contributed by atoms with Gasteiger partial charge in [-0.3, -0.25) is 4.79 Å². The molecule has 1 aliphatic heterocycles. The maximum atomic E-state index is 13.1. The maximum Gasteiger partial charge on any atom is 0.280 e. The first kappa shape index (κ1) is 16.2. The lowest BCUT2D eigenvalue weighted by Gasteiger charge is -2.34. The Morgan fingerprint density at radius 2 is 2.19 bits per heavy atom. The van der Waals surface area contributed by atoms with Crippen LogP contribution < -0.4 is 10.0 Å². The van der Waals surface area contributed by atoms with Crippen LogP contribution in [0.25, 0.3) is 0 Å². The first-order valence-electron chi connectivity index (χ1n) is 6.22. The smallest absolute Gasteiger partial charge is 0.280 e. The fraction of sp³-hybridized carbons (Fsp3) is 0.417. The second-order valence-electron chi connectivity index (χ2n) is 4.91. The summed E-state index contributed by atoms with van der Waals surface area (Å²) in [7, 11) is -2.35. The van der Waals surface area contributed by atoms with E-state index in [-0.39, 0.29) is 11.1 Å². The highest BCUT2D eigenvalue weighted by Gasteiger charge is 2.38. The van der Waals surface area contributed by atoms with Gasteiger partial charge in [-0.25, -0.2) is 4.39 Å². The van der Waals surface area contributed by atoms with Crippen LogP contribution in [-0.4, -0.2) is 37.8 Å². The summed E-state index contributed by atoms with van der Waals surface area (Å²) < 4.78 is 40.1. The van der Waals surface area contributed by atoms with Crippen LogP contribution in [0.15, 0.2) is 18.2 Å². The third-order valence-corrected chi connectivity index (χ3v) is 5.24. The molecule has 2 rings (SSSR count). The molecule has 1 saturated heterocycles. The van der Waals surface area contributed by atoms with Crippen molar-refractivity contribution in [2.24, 2.45) is 0 Å². The van der Waals surface area contributed by atoms with E-state index in [1.807, 2.05) is 0 Å². The summed E-state index contributed by atoms with van der Waals surface area (Å²) in [6, 6.07) is 2.57. The van der Waals surface area contributed by atoms with Crippen molar-refractivity contribution in [3.05, 3.63) is 29.0 Å². The lowest BCUT2D eigenvalue weighted by atomic mass is 10.1. The first-order valence-corrected chi connectivity index (χ1v) is 8.03. The highest BCUT2D eigenvalue weighted by Crippen LogP contribution is 2.22. The molecule has 116 valence electrons. The van der Waals surface area contributed by atoms with Crippen LogP contribution in [0.3, 0.4) is 0 Å². The lowest BCUT2D eigenvalue weighted by Crippen LogP contribution is -2.58. The molecular formula is C12H15ClFN3O3S. The highest BCUT2D eigenvalue weighted by molar-refractivity contribution is 7.87. The summed E-state index contributed by atoms with van der Waals surface area (Å²) in [5.41, 5.74) is 0.309. The Morgan fingerprint density at radius 3 is 2.81 bits per heavy atom. The van der Waals surface area contributed by atoms with E-state index < -0.39 is 28.0 Å². The van der Waals surface area contributed by atoms with Gasteiger partial charge in [-0.15, -0.1) is 0 Å². The van der Waals surface area contributed by atoms with Crippen molar-refractivity contribution in [1.29, 1.82) is 0 Å². The zero-order valence-electron chi connectivity index (χ0n) is 11.4. The number of carbonyl (C=O) groups is 1. The number of carbonyl (C=O) groups excluding carboxylic acids is 1. The molecule has 1 aromatic rings. The number of hydrogen-bond donors (Lipinski definition) is 2. The van der Waals surface area contributed by atoms with E-state index in [0.717, 1.165) is 10.4 Å². The molecule has 1 amide bonds. The van der Waals surface area contributed by atoms with Crippen molar-refractivity contribution < 1.29 is 17.6 Å². The van der Waals surface area contributed by atoms with Crippen LogP contribution >= 0.6 is 11.6 Å². The van der Waals surface area contributed by atoms with Gasteiger partial charge >= 0.3 is 0 Å². The Hall–Kier alpha value is -1.22. The van der Waals surface area contributed by atoms with Gasteiger partial charge in [0.2, 0.25) is 5.91 Å². The fourth-order valence-electron chi connectivity index (χ4n) is 2.11. The van der Waals surface area contributed by atoms with E-state index >= 15 is 0 Å². The molecule has 1 aliphatic rings. The number of likely N-dealkylation sites (N-methyl/N-ethyl adjacent to an activating group) is 1. The van der Waals surface area contributed by atoms with Crippen molar-refractivity contribution in [2.45, 2.75) is 25.4 Å². The monoisotopic (exact) mass is 335 g/mol. The van der Waals surface area contributed by atoms with Crippen molar-refractivity contribution in [3.8, 4) is 0 Å². The van der Waals surface area contributed by atoms with Gasteiger partial charge in [-0.05, 0) is 31.5 Å². The van der Waals surface area contributed by atoms with Crippen molar-refractivity contribution in [1.82, 2.24) is 9.03 Å². The summed E-state index contributed by atoms with van der Waals surface area (Å²) >= 11 is 5.64. The van der Waals surface area contributed by atoms with Crippen LogP contribution in [0, 0.1) is 5.82 Å². The van der Waals surface area contributed by atoms with Gasteiger partial charge in [0.15, 0.2) is 0 Å². The van der Waals surface area contributed by atoms with Crippen molar-refractivity contribution in [3.63, 3.8) is 0 Å². The van der Waals surface area contributed by atoms with E-state index in [9.17, 15) is 17.6 Å². The van der Waals surface area contributed by atoms with Crippen LogP contribution in [0.5, 0.6) is 0 Å². The van der Waals surface area contributed by atoms with E-state index in [4.69, 9.17) is 11.6 Å². The molecular weight excluding hydrogens is 321 g/mol. The molecule has 0 radical (unpaired) electrons. The van der Waals surface area contributed by atoms with E-state index in [1.165, 1.54) is 19.2 Å². The third-order valence-electron chi connectivity index (χ3n) is 3.23. The summed E-state index contributed by atoms with van der Waals surface area (Å²) in [5.74, 6) is -1.08. The summed E-state index contributed by atoms with van der Waals surface area (Å²) in [5, 5.41) is 2.43. The molecule has 0 spiro atoms. The van der Waals surface area contributed by atoms with E-state index in [0.29, 0.717) is 12.1 Å².